The molecule has 0 atom stereocenters. The Hall–Kier alpha value is -1.88. The van der Waals surface area contributed by atoms with Crippen LogP contribution in [0.15, 0.2) is 24.3 Å². The Balaban J connectivity index is 2.16. The van der Waals surface area contributed by atoms with Crippen LogP contribution >= 0.6 is 11.3 Å². The molecule has 20 heavy (non-hydrogen) atoms. The molecule has 1 aromatic heterocycles. The van der Waals surface area contributed by atoms with Gasteiger partial charge in [0.05, 0.1) is 11.3 Å². The van der Waals surface area contributed by atoms with Gasteiger partial charge < -0.3 is 5.32 Å². The minimum atomic E-state index is -0.127. The lowest BCUT2D eigenvalue weighted by Gasteiger charge is -2.10. The third-order valence-corrected chi connectivity index (χ3v) is 3.97. The average molecular weight is 289 g/mol. The predicted molar refractivity (Wildman–Crippen MR) is 84.8 cm³/mol. The number of anilines is 2. The quantitative estimate of drug-likeness (QED) is 0.879. The molecule has 0 aliphatic carbocycles. The molecule has 0 spiro atoms. The maximum atomic E-state index is 12.3. The van der Waals surface area contributed by atoms with Crippen molar-refractivity contribution in [1.29, 1.82) is 0 Å². The zero-order valence-corrected chi connectivity index (χ0v) is 12.8. The number of hydrogen-bond donors (Lipinski definition) is 2. The second-order valence-corrected chi connectivity index (χ2v) is 5.79. The van der Waals surface area contributed by atoms with E-state index in [2.05, 4.69) is 22.5 Å². The highest BCUT2D eigenvalue weighted by molar-refractivity contribution is 7.15. The van der Waals surface area contributed by atoms with E-state index >= 15 is 0 Å². The average Bonchev–Trinajstić information content (AvgIpc) is 2.75. The van der Waals surface area contributed by atoms with Gasteiger partial charge in [-0.3, -0.25) is 10.1 Å². The summed E-state index contributed by atoms with van der Waals surface area (Å²) in [5, 5.41) is 6.78. The Morgan fingerprint density at radius 2 is 2.05 bits per heavy atom. The lowest BCUT2D eigenvalue weighted by Crippen LogP contribution is -2.15. The van der Waals surface area contributed by atoms with Gasteiger partial charge in [-0.25, -0.2) is 4.98 Å². The molecule has 2 aromatic rings. The zero-order chi connectivity index (χ0) is 14.5. The molecule has 0 saturated carbocycles. The van der Waals surface area contributed by atoms with E-state index in [0.29, 0.717) is 10.7 Å². The van der Waals surface area contributed by atoms with Crippen LogP contribution in [0.4, 0.5) is 10.8 Å². The molecule has 0 saturated heterocycles. The lowest BCUT2D eigenvalue weighted by atomic mass is 10.1. The highest BCUT2D eigenvalue weighted by Crippen LogP contribution is 2.23. The molecule has 0 unspecified atom stereocenters. The summed E-state index contributed by atoms with van der Waals surface area (Å²) in [6.45, 7) is 6.88. The number of para-hydroxylation sites is 1. The van der Waals surface area contributed by atoms with Crippen LogP contribution in [0.1, 0.15) is 34.3 Å². The third-order valence-electron chi connectivity index (χ3n) is 2.99. The molecule has 1 heterocycles. The van der Waals surface area contributed by atoms with Crippen molar-refractivity contribution in [3.8, 4) is 0 Å². The Labute approximate surface area is 123 Å². The highest BCUT2D eigenvalue weighted by Gasteiger charge is 2.13. The molecular weight excluding hydrogens is 270 g/mol. The van der Waals surface area contributed by atoms with E-state index in [1.54, 1.807) is 0 Å². The summed E-state index contributed by atoms with van der Waals surface area (Å²) in [7, 11) is 0. The van der Waals surface area contributed by atoms with Crippen LogP contribution in [-0.2, 0) is 0 Å². The third kappa shape index (κ3) is 3.36. The zero-order valence-electron chi connectivity index (χ0n) is 12.0. The van der Waals surface area contributed by atoms with Crippen molar-refractivity contribution in [1.82, 2.24) is 4.98 Å². The van der Waals surface area contributed by atoms with Crippen molar-refractivity contribution in [2.45, 2.75) is 27.2 Å². The molecule has 2 rings (SSSR count). The first-order valence-electron chi connectivity index (χ1n) is 6.70. The number of benzene rings is 1. The second kappa shape index (κ2) is 6.52. The van der Waals surface area contributed by atoms with E-state index in [0.717, 1.165) is 29.2 Å². The number of aromatic nitrogens is 1. The molecular formula is C15H19N3OS. The van der Waals surface area contributed by atoms with Gasteiger partial charge in [-0.1, -0.05) is 19.1 Å². The number of thiazole rings is 1. The van der Waals surface area contributed by atoms with Gasteiger partial charge in [-0.2, -0.15) is 0 Å². The Bertz CT molecular complexity index is 587. The number of aryl methyl sites for hydroxylation is 2. The summed E-state index contributed by atoms with van der Waals surface area (Å²) in [6.07, 6.45) is 1.01. The summed E-state index contributed by atoms with van der Waals surface area (Å²) < 4.78 is 0. The summed E-state index contributed by atoms with van der Waals surface area (Å²) >= 11 is 1.50. The van der Waals surface area contributed by atoms with Crippen LogP contribution in [0.25, 0.3) is 0 Å². The summed E-state index contributed by atoms with van der Waals surface area (Å²) in [4.78, 5) is 17.8. The van der Waals surface area contributed by atoms with E-state index in [1.807, 2.05) is 38.1 Å². The molecule has 106 valence electrons. The van der Waals surface area contributed by atoms with Crippen molar-refractivity contribution in [2.75, 3.05) is 17.2 Å². The molecule has 1 aromatic carbocycles. The molecule has 1 amide bonds. The van der Waals surface area contributed by atoms with Crippen molar-refractivity contribution >= 4 is 28.1 Å². The number of rotatable bonds is 5. The van der Waals surface area contributed by atoms with E-state index in [4.69, 9.17) is 0 Å². The summed E-state index contributed by atoms with van der Waals surface area (Å²) in [5.41, 5.74) is 2.46. The molecule has 0 aliphatic heterocycles. The normalized spacial score (nSPS) is 10.3. The Kier molecular flexibility index (Phi) is 4.74. The Morgan fingerprint density at radius 3 is 2.70 bits per heavy atom. The summed E-state index contributed by atoms with van der Waals surface area (Å²) in [5.74, 6) is -0.127. The number of amides is 1. The van der Waals surface area contributed by atoms with Crippen LogP contribution in [0.2, 0.25) is 0 Å². The second-order valence-electron chi connectivity index (χ2n) is 4.59. The first-order valence-corrected chi connectivity index (χ1v) is 7.51. The first kappa shape index (κ1) is 14.5. The number of nitrogens with one attached hydrogen (secondary N) is 2. The fourth-order valence-corrected chi connectivity index (χ4v) is 2.60. The van der Waals surface area contributed by atoms with Crippen molar-refractivity contribution in [2.24, 2.45) is 0 Å². The largest absolute Gasteiger partial charge is 0.384 e. The van der Waals surface area contributed by atoms with Gasteiger partial charge in [0.25, 0.3) is 5.91 Å². The fraction of sp³-hybridized carbons (Fsp3) is 0.333. The van der Waals surface area contributed by atoms with Gasteiger partial charge in [0.2, 0.25) is 0 Å². The van der Waals surface area contributed by atoms with Gasteiger partial charge in [0, 0.05) is 17.1 Å². The summed E-state index contributed by atoms with van der Waals surface area (Å²) in [6, 6.07) is 7.53. The monoisotopic (exact) mass is 289 g/mol. The van der Waals surface area contributed by atoms with E-state index in [-0.39, 0.29) is 5.91 Å². The predicted octanol–water partition coefficient (Wildman–Crippen LogP) is 3.83. The van der Waals surface area contributed by atoms with Crippen LogP contribution in [0.5, 0.6) is 0 Å². The molecule has 0 aliphatic rings. The van der Waals surface area contributed by atoms with Crippen molar-refractivity contribution < 1.29 is 4.79 Å². The van der Waals surface area contributed by atoms with Crippen LogP contribution in [0, 0.1) is 13.8 Å². The number of carbonyl (C=O) groups is 1. The first-order chi connectivity index (χ1) is 9.61. The van der Waals surface area contributed by atoms with E-state index in [1.165, 1.54) is 11.3 Å². The topological polar surface area (TPSA) is 54.0 Å². The van der Waals surface area contributed by atoms with E-state index < -0.39 is 0 Å². The molecule has 0 fully saturated rings. The molecule has 0 bridgehead atoms. The molecule has 4 nitrogen and oxygen atoms in total. The van der Waals surface area contributed by atoms with Crippen LogP contribution < -0.4 is 10.6 Å². The fourth-order valence-electron chi connectivity index (χ4n) is 1.79. The van der Waals surface area contributed by atoms with Gasteiger partial charge in [-0.15, -0.1) is 11.3 Å². The van der Waals surface area contributed by atoms with Gasteiger partial charge in [-0.05, 0) is 32.4 Å². The highest BCUT2D eigenvalue weighted by atomic mass is 32.1. The lowest BCUT2D eigenvalue weighted by molar-refractivity contribution is 0.102. The molecule has 0 radical (unpaired) electrons. The number of carbonyl (C=O) groups excluding carboxylic acids is 1. The maximum absolute atomic E-state index is 12.3. The SMILES string of the molecule is CCCNc1ccccc1C(=O)Nc1nc(C)c(C)s1. The molecule has 5 heteroatoms. The van der Waals surface area contributed by atoms with Crippen molar-refractivity contribution in [3.63, 3.8) is 0 Å². The van der Waals surface area contributed by atoms with Crippen molar-refractivity contribution in [3.05, 3.63) is 40.4 Å². The smallest absolute Gasteiger partial charge is 0.259 e. The van der Waals surface area contributed by atoms with Gasteiger partial charge in [0.15, 0.2) is 5.13 Å². The van der Waals surface area contributed by atoms with Gasteiger partial charge in [0.1, 0.15) is 0 Å². The maximum Gasteiger partial charge on any atom is 0.259 e. The molecule has 2 N–H and O–H groups in total. The minimum absolute atomic E-state index is 0.127. The van der Waals surface area contributed by atoms with Gasteiger partial charge >= 0.3 is 0 Å². The van der Waals surface area contributed by atoms with Crippen LogP contribution in [0.3, 0.4) is 0 Å². The van der Waals surface area contributed by atoms with E-state index in [9.17, 15) is 4.79 Å². The number of hydrogen-bond acceptors (Lipinski definition) is 4. The van der Waals surface area contributed by atoms with Crippen LogP contribution in [-0.4, -0.2) is 17.4 Å². The standard InChI is InChI=1S/C15H19N3OS/c1-4-9-16-13-8-6-5-7-12(13)14(19)18-15-17-10(2)11(3)20-15/h5-8,16H,4,9H2,1-3H3,(H,17,18,19). The minimum Gasteiger partial charge on any atom is -0.384 e. The Morgan fingerprint density at radius 1 is 1.30 bits per heavy atom. The number of nitrogens with zero attached hydrogens (tertiary/aromatic N) is 1.